The van der Waals surface area contributed by atoms with Gasteiger partial charge in [0.2, 0.25) is 5.75 Å². The Morgan fingerprint density at radius 3 is 2.18 bits per heavy atom. The number of carbonyl (C=O) groups excluding carboxylic acids is 2. The number of benzene rings is 1. The first-order chi connectivity index (χ1) is 13.6. The molecule has 1 aromatic rings. The van der Waals surface area contributed by atoms with E-state index in [2.05, 4.69) is 5.32 Å². The first kappa shape index (κ1) is 20.3. The molecule has 1 N–H and O–H groups in total. The number of nitrogens with one attached hydrogen (secondary N) is 1. The molecule has 2 aliphatic rings. The minimum atomic E-state index is -0.287. The maximum Gasteiger partial charge on any atom is 0.251 e. The fourth-order valence-corrected chi connectivity index (χ4v) is 3.70. The number of nitrogens with zero attached hydrogens (tertiary/aromatic N) is 1. The van der Waals surface area contributed by atoms with Gasteiger partial charge in [0.25, 0.3) is 11.8 Å². The van der Waals surface area contributed by atoms with Gasteiger partial charge in [0.05, 0.1) is 21.3 Å². The van der Waals surface area contributed by atoms with E-state index in [0.29, 0.717) is 55.4 Å². The summed E-state index contributed by atoms with van der Waals surface area (Å²) in [4.78, 5) is 27.0. The Morgan fingerprint density at radius 1 is 1.04 bits per heavy atom. The van der Waals surface area contributed by atoms with E-state index in [1.807, 2.05) is 4.90 Å². The van der Waals surface area contributed by atoms with Crippen LogP contribution in [0, 0.1) is 0 Å². The summed E-state index contributed by atoms with van der Waals surface area (Å²) in [6, 6.07) is 3.28. The molecule has 154 valence electrons. The second kappa shape index (κ2) is 9.14. The number of carbonyl (C=O) groups is 2. The normalized spacial score (nSPS) is 20.0. The van der Waals surface area contributed by atoms with Crippen molar-refractivity contribution in [3.63, 3.8) is 0 Å². The zero-order valence-corrected chi connectivity index (χ0v) is 16.7. The summed E-state index contributed by atoms with van der Waals surface area (Å²) >= 11 is 0. The number of piperidine rings is 1. The fourth-order valence-electron chi connectivity index (χ4n) is 3.70. The van der Waals surface area contributed by atoms with Crippen molar-refractivity contribution in [1.82, 2.24) is 10.2 Å². The highest BCUT2D eigenvalue weighted by atomic mass is 16.5. The first-order valence-electron chi connectivity index (χ1n) is 9.58. The Hall–Kier alpha value is -2.48. The summed E-state index contributed by atoms with van der Waals surface area (Å²) in [7, 11) is 4.55. The molecule has 2 saturated heterocycles. The van der Waals surface area contributed by atoms with Crippen LogP contribution in [0.15, 0.2) is 12.1 Å². The van der Waals surface area contributed by atoms with Gasteiger partial charge in [-0.1, -0.05) is 0 Å². The molecule has 2 fully saturated rings. The standard InChI is InChI=1S/C20H28N2O6/c1-25-16-11-13(12-17(26-2)18(16)27-3)19(23)21-14-6-8-22(9-7-14)20(24)15-5-4-10-28-15/h11-12,14-15H,4-10H2,1-3H3,(H,21,23). The van der Waals surface area contributed by atoms with Gasteiger partial charge >= 0.3 is 0 Å². The second-order valence-electron chi connectivity index (χ2n) is 6.99. The van der Waals surface area contributed by atoms with Crippen LogP contribution >= 0.6 is 0 Å². The molecule has 1 atom stereocenters. The number of hydrogen-bond acceptors (Lipinski definition) is 6. The van der Waals surface area contributed by atoms with Crippen LogP contribution in [0.1, 0.15) is 36.0 Å². The monoisotopic (exact) mass is 392 g/mol. The lowest BCUT2D eigenvalue weighted by Gasteiger charge is -2.33. The van der Waals surface area contributed by atoms with Crippen LogP contribution < -0.4 is 19.5 Å². The molecule has 28 heavy (non-hydrogen) atoms. The van der Waals surface area contributed by atoms with Gasteiger partial charge in [0, 0.05) is 31.3 Å². The molecule has 0 bridgehead atoms. The van der Waals surface area contributed by atoms with Crippen LogP contribution in [0.2, 0.25) is 0 Å². The minimum absolute atomic E-state index is 0.0140. The Morgan fingerprint density at radius 2 is 1.68 bits per heavy atom. The topological polar surface area (TPSA) is 86.3 Å². The Labute approximate surface area is 165 Å². The van der Waals surface area contributed by atoms with Gasteiger partial charge in [-0.2, -0.15) is 0 Å². The van der Waals surface area contributed by atoms with E-state index in [-0.39, 0.29) is 24.0 Å². The van der Waals surface area contributed by atoms with Crippen LogP contribution in [-0.4, -0.2) is 69.9 Å². The van der Waals surface area contributed by atoms with Crippen molar-refractivity contribution in [1.29, 1.82) is 0 Å². The quantitative estimate of drug-likeness (QED) is 0.792. The van der Waals surface area contributed by atoms with Crippen LogP contribution in [0.3, 0.4) is 0 Å². The summed E-state index contributed by atoms with van der Waals surface area (Å²) in [5, 5.41) is 3.04. The maximum absolute atomic E-state index is 12.7. The third kappa shape index (κ3) is 4.32. The lowest BCUT2D eigenvalue weighted by molar-refractivity contribution is -0.142. The number of amides is 2. The number of rotatable bonds is 6. The van der Waals surface area contributed by atoms with Crippen molar-refractivity contribution < 1.29 is 28.5 Å². The third-order valence-electron chi connectivity index (χ3n) is 5.27. The van der Waals surface area contributed by atoms with E-state index in [4.69, 9.17) is 18.9 Å². The number of methoxy groups -OCH3 is 3. The molecule has 1 unspecified atom stereocenters. The van der Waals surface area contributed by atoms with Gasteiger partial charge in [-0.25, -0.2) is 0 Å². The van der Waals surface area contributed by atoms with Crippen molar-refractivity contribution in [2.45, 2.75) is 37.8 Å². The summed E-state index contributed by atoms with van der Waals surface area (Å²) < 4.78 is 21.4. The van der Waals surface area contributed by atoms with Crippen LogP contribution in [0.25, 0.3) is 0 Å². The highest BCUT2D eigenvalue weighted by Crippen LogP contribution is 2.38. The average molecular weight is 392 g/mol. The number of ether oxygens (including phenoxy) is 4. The van der Waals surface area contributed by atoms with Gasteiger partial charge in [0.1, 0.15) is 6.10 Å². The zero-order valence-electron chi connectivity index (χ0n) is 16.7. The van der Waals surface area contributed by atoms with Crippen molar-refractivity contribution in [2.24, 2.45) is 0 Å². The summed E-state index contributed by atoms with van der Waals surface area (Å²) in [5.41, 5.74) is 0.437. The smallest absolute Gasteiger partial charge is 0.251 e. The van der Waals surface area contributed by atoms with Crippen LogP contribution in [0.4, 0.5) is 0 Å². The highest BCUT2D eigenvalue weighted by Gasteiger charge is 2.31. The van der Waals surface area contributed by atoms with Gasteiger partial charge < -0.3 is 29.2 Å². The lowest BCUT2D eigenvalue weighted by Crippen LogP contribution is -2.49. The fraction of sp³-hybridized carbons (Fsp3) is 0.600. The molecule has 8 nitrogen and oxygen atoms in total. The van der Waals surface area contributed by atoms with Crippen molar-refractivity contribution in [2.75, 3.05) is 41.0 Å². The second-order valence-corrected chi connectivity index (χ2v) is 6.99. The SMILES string of the molecule is COc1cc(C(=O)NC2CCN(C(=O)C3CCCO3)CC2)cc(OC)c1OC. The van der Waals surface area contributed by atoms with Gasteiger partial charge in [-0.05, 0) is 37.8 Å². The molecule has 2 aliphatic heterocycles. The molecule has 3 rings (SSSR count). The largest absolute Gasteiger partial charge is 0.493 e. The molecule has 0 aliphatic carbocycles. The average Bonchev–Trinajstić information content (AvgIpc) is 3.27. The summed E-state index contributed by atoms with van der Waals surface area (Å²) in [6.45, 7) is 1.91. The molecule has 8 heteroatoms. The van der Waals surface area contributed by atoms with Crippen LogP contribution in [-0.2, 0) is 9.53 Å². The first-order valence-corrected chi connectivity index (χ1v) is 9.58. The molecule has 2 amide bonds. The molecule has 0 aromatic heterocycles. The van der Waals surface area contributed by atoms with Gasteiger partial charge in [-0.15, -0.1) is 0 Å². The van der Waals surface area contributed by atoms with Crippen LogP contribution in [0.5, 0.6) is 17.2 Å². The highest BCUT2D eigenvalue weighted by molar-refractivity contribution is 5.95. The molecule has 1 aromatic carbocycles. The number of likely N-dealkylation sites (tertiary alicyclic amines) is 1. The Bertz CT molecular complexity index is 684. The van der Waals surface area contributed by atoms with E-state index in [0.717, 1.165) is 12.8 Å². The summed E-state index contributed by atoms with van der Waals surface area (Å²) in [5.74, 6) is 1.19. The van der Waals surface area contributed by atoms with E-state index < -0.39 is 0 Å². The maximum atomic E-state index is 12.7. The van der Waals surface area contributed by atoms with E-state index in [9.17, 15) is 9.59 Å². The van der Waals surface area contributed by atoms with Gasteiger partial charge in [0.15, 0.2) is 11.5 Å². The number of hydrogen-bond donors (Lipinski definition) is 1. The van der Waals surface area contributed by atoms with E-state index in [1.54, 1.807) is 12.1 Å². The Kier molecular flexibility index (Phi) is 6.61. The molecule has 0 radical (unpaired) electrons. The molecule has 0 saturated carbocycles. The van der Waals surface area contributed by atoms with Crippen molar-refractivity contribution in [3.8, 4) is 17.2 Å². The summed E-state index contributed by atoms with van der Waals surface area (Å²) in [6.07, 6.45) is 2.89. The zero-order chi connectivity index (χ0) is 20.1. The Balaban J connectivity index is 1.59. The molecule has 0 spiro atoms. The van der Waals surface area contributed by atoms with E-state index in [1.165, 1.54) is 21.3 Å². The van der Waals surface area contributed by atoms with Crippen molar-refractivity contribution in [3.05, 3.63) is 17.7 Å². The molecular formula is C20H28N2O6. The van der Waals surface area contributed by atoms with E-state index >= 15 is 0 Å². The van der Waals surface area contributed by atoms with Crippen molar-refractivity contribution >= 4 is 11.8 Å². The minimum Gasteiger partial charge on any atom is -0.493 e. The van der Waals surface area contributed by atoms with Gasteiger partial charge in [-0.3, -0.25) is 9.59 Å². The predicted molar refractivity (Wildman–Crippen MR) is 102 cm³/mol. The molecular weight excluding hydrogens is 364 g/mol. The molecule has 2 heterocycles. The third-order valence-corrected chi connectivity index (χ3v) is 5.27. The predicted octanol–water partition coefficient (Wildman–Crippen LogP) is 1.61. The lowest BCUT2D eigenvalue weighted by atomic mass is 10.0.